The molecule has 2 rings (SSSR count). The van der Waals surface area contributed by atoms with Crippen molar-refractivity contribution in [2.75, 3.05) is 0 Å². The van der Waals surface area contributed by atoms with E-state index < -0.39 is 5.60 Å². The summed E-state index contributed by atoms with van der Waals surface area (Å²) in [6, 6.07) is 0. The van der Waals surface area contributed by atoms with Crippen molar-refractivity contribution >= 4 is 15.9 Å². The van der Waals surface area contributed by atoms with E-state index in [0.29, 0.717) is 5.41 Å². The van der Waals surface area contributed by atoms with Crippen molar-refractivity contribution < 1.29 is 5.11 Å². The topological polar surface area (TPSA) is 20.2 Å². The van der Waals surface area contributed by atoms with Gasteiger partial charge in [-0.05, 0) is 81.0 Å². The maximum atomic E-state index is 9.80. The predicted octanol–water partition coefficient (Wildman–Crippen LogP) is 5.81. The summed E-state index contributed by atoms with van der Waals surface area (Å²) in [5.74, 6) is 1.73. The Morgan fingerprint density at radius 3 is 2.75 bits per heavy atom. The first-order chi connectivity index (χ1) is 9.37. The summed E-state index contributed by atoms with van der Waals surface area (Å²) in [6.45, 7) is 6.39. The molecule has 0 bridgehead atoms. The number of halogens is 1. The number of fused-ring (bicyclic) bond motifs is 1. The Balaban J connectivity index is 1.87. The average Bonchev–Trinajstić information content (AvgIpc) is 2.70. The zero-order valence-electron chi connectivity index (χ0n) is 13.4. The lowest BCUT2D eigenvalue weighted by Gasteiger charge is -2.42. The predicted molar refractivity (Wildman–Crippen MR) is 89.9 cm³/mol. The third-order valence-corrected chi connectivity index (χ3v) is 6.48. The molecule has 20 heavy (non-hydrogen) atoms. The minimum absolute atomic E-state index is 0.487. The van der Waals surface area contributed by atoms with Gasteiger partial charge >= 0.3 is 0 Å². The van der Waals surface area contributed by atoms with Crippen LogP contribution in [0.1, 0.15) is 78.6 Å². The minimum atomic E-state index is -0.487. The molecule has 0 saturated heterocycles. The third-order valence-electron chi connectivity index (χ3n) is 5.89. The molecule has 0 spiro atoms. The summed E-state index contributed by atoms with van der Waals surface area (Å²) in [4.78, 5) is 2.21. The van der Waals surface area contributed by atoms with Gasteiger partial charge in [0.1, 0.15) is 0 Å². The summed E-state index contributed by atoms with van der Waals surface area (Å²) in [7, 11) is 0. The molecular formula is C18H31BrO. The van der Waals surface area contributed by atoms with Crippen LogP contribution in [-0.4, -0.2) is 10.7 Å². The molecule has 2 unspecified atom stereocenters. The van der Waals surface area contributed by atoms with Crippen molar-refractivity contribution in [2.45, 2.75) is 84.2 Å². The normalized spacial score (nSPS) is 36.4. The van der Waals surface area contributed by atoms with Gasteiger partial charge in [0.05, 0.1) is 5.60 Å². The molecule has 2 aliphatic carbocycles. The Kier molecular flexibility index (Phi) is 5.40. The van der Waals surface area contributed by atoms with Crippen LogP contribution in [0.15, 0.2) is 10.6 Å². The van der Waals surface area contributed by atoms with E-state index in [9.17, 15) is 5.11 Å². The second-order valence-electron chi connectivity index (χ2n) is 7.93. The first-order valence-corrected chi connectivity index (χ1v) is 9.30. The van der Waals surface area contributed by atoms with Gasteiger partial charge in [-0.2, -0.15) is 0 Å². The highest BCUT2D eigenvalue weighted by Crippen LogP contribution is 2.58. The van der Waals surface area contributed by atoms with Crippen molar-refractivity contribution in [3.05, 3.63) is 10.6 Å². The second kappa shape index (κ2) is 6.52. The molecule has 0 aromatic heterocycles. The van der Waals surface area contributed by atoms with E-state index in [4.69, 9.17) is 0 Å². The van der Waals surface area contributed by atoms with Gasteiger partial charge in [-0.25, -0.2) is 0 Å². The van der Waals surface area contributed by atoms with Crippen LogP contribution in [0.2, 0.25) is 0 Å². The van der Waals surface area contributed by atoms with Crippen LogP contribution in [0.3, 0.4) is 0 Å². The molecule has 0 aliphatic heterocycles. The Labute approximate surface area is 133 Å². The lowest BCUT2D eigenvalue weighted by Crippen LogP contribution is -2.33. The Morgan fingerprint density at radius 2 is 2.10 bits per heavy atom. The van der Waals surface area contributed by atoms with Crippen molar-refractivity contribution in [3.63, 3.8) is 0 Å². The molecule has 0 aromatic rings. The van der Waals surface area contributed by atoms with E-state index >= 15 is 0 Å². The molecule has 1 nitrogen and oxygen atoms in total. The summed E-state index contributed by atoms with van der Waals surface area (Å²) in [6.07, 6.45) is 11.6. The van der Waals surface area contributed by atoms with Crippen LogP contribution in [0, 0.1) is 17.3 Å². The number of rotatable bonds is 5. The molecule has 0 aromatic carbocycles. The maximum absolute atomic E-state index is 9.80. The maximum Gasteiger partial charge on any atom is 0.0591 e. The molecule has 2 heteroatoms. The van der Waals surface area contributed by atoms with Crippen LogP contribution >= 0.6 is 15.9 Å². The summed E-state index contributed by atoms with van der Waals surface area (Å²) >= 11 is 3.59. The standard InChI is InChI=1S/C18H31BrO/c1-17(2,20)11-5-4-8-15-9-10-16-14(13-19)7-6-12-18(15,16)3/h13,15-16,20H,4-12H2,1-3H3/b14-13+/t15-,16?,18?/m0/s1. The minimum Gasteiger partial charge on any atom is -0.390 e. The van der Waals surface area contributed by atoms with Crippen molar-refractivity contribution in [1.29, 1.82) is 0 Å². The third kappa shape index (κ3) is 3.68. The van der Waals surface area contributed by atoms with E-state index in [2.05, 4.69) is 27.8 Å². The second-order valence-corrected chi connectivity index (χ2v) is 8.39. The van der Waals surface area contributed by atoms with Gasteiger partial charge in [0.15, 0.2) is 0 Å². The molecule has 2 saturated carbocycles. The molecule has 3 atom stereocenters. The Morgan fingerprint density at radius 1 is 1.35 bits per heavy atom. The number of unbranched alkanes of at least 4 members (excludes halogenated alkanes) is 1. The largest absolute Gasteiger partial charge is 0.390 e. The van der Waals surface area contributed by atoms with Gasteiger partial charge in [-0.1, -0.05) is 41.3 Å². The lowest BCUT2D eigenvalue weighted by atomic mass is 9.63. The fourth-order valence-corrected chi connectivity index (χ4v) is 5.25. The van der Waals surface area contributed by atoms with Crippen LogP contribution < -0.4 is 0 Å². The molecule has 0 radical (unpaired) electrons. The summed E-state index contributed by atoms with van der Waals surface area (Å²) in [5.41, 5.74) is 1.73. The van der Waals surface area contributed by atoms with Gasteiger partial charge < -0.3 is 5.11 Å². The Hall–Kier alpha value is 0.180. The molecule has 0 amide bonds. The first-order valence-electron chi connectivity index (χ1n) is 8.38. The number of hydrogen-bond acceptors (Lipinski definition) is 1. The smallest absolute Gasteiger partial charge is 0.0591 e. The molecular weight excluding hydrogens is 312 g/mol. The fraction of sp³-hybridized carbons (Fsp3) is 0.889. The summed E-state index contributed by atoms with van der Waals surface area (Å²) in [5, 5.41) is 9.80. The zero-order valence-corrected chi connectivity index (χ0v) is 15.0. The molecule has 2 aliphatic rings. The molecule has 116 valence electrons. The van der Waals surface area contributed by atoms with Gasteiger partial charge in [0.2, 0.25) is 0 Å². The van der Waals surface area contributed by atoms with Crippen LogP contribution in [0.4, 0.5) is 0 Å². The molecule has 0 heterocycles. The average molecular weight is 343 g/mol. The van der Waals surface area contributed by atoms with Crippen molar-refractivity contribution in [1.82, 2.24) is 0 Å². The van der Waals surface area contributed by atoms with E-state index in [1.807, 2.05) is 13.8 Å². The van der Waals surface area contributed by atoms with E-state index in [0.717, 1.165) is 18.3 Å². The van der Waals surface area contributed by atoms with Crippen LogP contribution in [0.25, 0.3) is 0 Å². The van der Waals surface area contributed by atoms with Gasteiger partial charge in [0, 0.05) is 0 Å². The van der Waals surface area contributed by atoms with E-state index in [1.165, 1.54) is 51.4 Å². The van der Waals surface area contributed by atoms with Gasteiger partial charge in [0.25, 0.3) is 0 Å². The highest BCUT2D eigenvalue weighted by molar-refractivity contribution is 9.11. The van der Waals surface area contributed by atoms with Crippen LogP contribution in [0.5, 0.6) is 0 Å². The number of allylic oxidation sites excluding steroid dienone is 1. The fourth-order valence-electron chi connectivity index (χ4n) is 4.70. The molecule has 2 fully saturated rings. The van der Waals surface area contributed by atoms with Gasteiger partial charge in [-0.15, -0.1) is 0 Å². The summed E-state index contributed by atoms with van der Waals surface area (Å²) < 4.78 is 0. The van der Waals surface area contributed by atoms with Gasteiger partial charge in [-0.3, -0.25) is 0 Å². The molecule has 1 N–H and O–H groups in total. The Bertz CT molecular complexity index is 355. The number of hydrogen-bond donors (Lipinski definition) is 1. The van der Waals surface area contributed by atoms with Crippen molar-refractivity contribution in [2.24, 2.45) is 17.3 Å². The quantitative estimate of drug-likeness (QED) is 0.624. The first kappa shape index (κ1) is 16.5. The SMILES string of the molecule is CC(C)(O)CCCC[C@H]1CCC2/C(=C/Br)CCCC21C. The van der Waals surface area contributed by atoms with E-state index in [-0.39, 0.29) is 0 Å². The lowest BCUT2D eigenvalue weighted by molar-refractivity contribution is 0.0660. The number of aliphatic hydroxyl groups is 1. The highest BCUT2D eigenvalue weighted by Gasteiger charge is 2.48. The monoisotopic (exact) mass is 342 g/mol. The zero-order chi connectivity index (χ0) is 14.8. The van der Waals surface area contributed by atoms with E-state index in [1.54, 1.807) is 5.57 Å². The van der Waals surface area contributed by atoms with Crippen LogP contribution in [-0.2, 0) is 0 Å². The highest BCUT2D eigenvalue weighted by atomic mass is 79.9. The van der Waals surface area contributed by atoms with Crippen molar-refractivity contribution in [3.8, 4) is 0 Å².